The Morgan fingerprint density at radius 3 is 2.12 bits per heavy atom. The molecule has 0 aliphatic rings. The van der Waals surface area contributed by atoms with Gasteiger partial charge in [0.15, 0.2) is 0 Å². The van der Waals surface area contributed by atoms with Crippen LogP contribution < -0.4 is 10.6 Å². The highest BCUT2D eigenvalue weighted by atomic mass is 35.5. The number of halogens is 1. The van der Waals surface area contributed by atoms with Crippen LogP contribution >= 0.6 is 11.6 Å². The van der Waals surface area contributed by atoms with Crippen LogP contribution in [0.2, 0.25) is 5.02 Å². The first-order chi connectivity index (χ1) is 11.3. The van der Waals surface area contributed by atoms with Crippen molar-refractivity contribution in [2.75, 3.05) is 10.6 Å². The second-order valence-electron chi connectivity index (χ2n) is 6.06. The van der Waals surface area contributed by atoms with Gasteiger partial charge in [-0.15, -0.1) is 0 Å². The molecule has 0 radical (unpaired) electrons. The minimum Gasteiger partial charge on any atom is -0.325 e. The van der Waals surface area contributed by atoms with Crippen molar-refractivity contribution in [1.29, 1.82) is 0 Å². The molecule has 0 saturated carbocycles. The van der Waals surface area contributed by atoms with E-state index in [4.69, 9.17) is 11.6 Å². The zero-order valence-electron chi connectivity index (χ0n) is 14.0. The monoisotopic (exact) mass is 344 g/mol. The zero-order chi connectivity index (χ0) is 17.7. The summed E-state index contributed by atoms with van der Waals surface area (Å²) in [5.41, 5.74) is 1.08. The molecule has 2 amide bonds. The molecule has 0 bridgehead atoms. The van der Waals surface area contributed by atoms with Gasteiger partial charge in [-0.25, -0.2) is 0 Å². The fraction of sp³-hybridized carbons (Fsp3) is 0.263. The van der Waals surface area contributed by atoms with Gasteiger partial charge < -0.3 is 10.6 Å². The predicted octanol–water partition coefficient (Wildman–Crippen LogP) is 4.51. The number of carbonyl (C=O) groups is 2. The van der Waals surface area contributed by atoms with Gasteiger partial charge in [0.2, 0.25) is 11.8 Å². The molecule has 126 valence electrons. The number of anilines is 2. The molecule has 2 N–H and O–H groups in total. The standard InChI is InChI=1S/C19H21ClN2O2/c1-4-13-9-11-14(12-10-13)21-17(23)19(2,3)18(24)22-16-8-6-5-7-15(16)20/h5-12H,4H2,1-3H3,(H,21,23)(H,22,24). The van der Waals surface area contributed by atoms with E-state index in [9.17, 15) is 9.59 Å². The highest BCUT2D eigenvalue weighted by molar-refractivity contribution is 6.34. The van der Waals surface area contributed by atoms with Crippen LogP contribution in [0.1, 0.15) is 26.3 Å². The van der Waals surface area contributed by atoms with Crippen molar-refractivity contribution in [2.45, 2.75) is 27.2 Å². The van der Waals surface area contributed by atoms with E-state index < -0.39 is 11.3 Å². The van der Waals surface area contributed by atoms with Gasteiger partial charge in [-0.1, -0.05) is 42.8 Å². The molecule has 0 spiro atoms. The maximum absolute atomic E-state index is 12.5. The van der Waals surface area contributed by atoms with Gasteiger partial charge in [-0.3, -0.25) is 9.59 Å². The van der Waals surface area contributed by atoms with Gasteiger partial charge in [-0.2, -0.15) is 0 Å². The van der Waals surface area contributed by atoms with Crippen LogP contribution in [0.4, 0.5) is 11.4 Å². The van der Waals surface area contributed by atoms with Crippen molar-refractivity contribution >= 4 is 34.8 Å². The molecule has 5 heteroatoms. The Morgan fingerprint density at radius 2 is 1.54 bits per heavy atom. The summed E-state index contributed by atoms with van der Waals surface area (Å²) in [7, 11) is 0. The number of benzene rings is 2. The Morgan fingerprint density at radius 1 is 0.958 bits per heavy atom. The van der Waals surface area contributed by atoms with E-state index in [0.29, 0.717) is 16.4 Å². The molecule has 24 heavy (non-hydrogen) atoms. The molecule has 2 aromatic carbocycles. The maximum Gasteiger partial charge on any atom is 0.239 e. The van der Waals surface area contributed by atoms with E-state index in [2.05, 4.69) is 17.6 Å². The van der Waals surface area contributed by atoms with E-state index in [1.54, 1.807) is 38.1 Å². The second kappa shape index (κ2) is 7.49. The average molecular weight is 345 g/mol. The summed E-state index contributed by atoms with van der Waals surface area (Å²) >= 11 is 6.04. The van der Waals surface area contributed by atoms with Gasteiger partial charge in [0.05, 0.1) is 10.7 Å². The van der Waals surface area contributed by atoms with Gasteiger partial charge in [0.25, 0.3) is 0 Å². The number of carbonyl (C=O) groups excluding carboxylic acids is 2. The third-order valence-corrected chi connectivity index (χ3v) is 4.21. The fourth-order valence-corrected chi connectivity index (χ4v) is 2.24. The Hall–Kier alpha value is -2.33. The van der Waals surface area contributed by atoms with Crippen molar-refractivity contribution in [3.63, 3.8) is 0 Å². The molecule has 2 aromatic rings. The van der Waals surface area contributed by atoms with Gasteiger partial charge in [0.1, 0.15) is 5.41 Å². The first-order valence-corrected chi connectivity index (χ1v) is 8.18. The minimum absolute atomic E-state index is 0.378. The molecule has 0 heterocycles. The molecule has 0 atom stereocenters. The number of nitrogens with one attached hydrogen (secondary N) is 2. The summed E-state index contributed by atoms with van der Waals surface area (Å²) in [6.45, 7) is 5.22. The first-order valence-electron chi connectivity index (χ1n) is 7.81. The van der Waals surface area contributed by atoms with Crippen LogP contribution in [0.25, 0.3) is 0 Å². The number of para-hydroxylation sites is 1. The first kappa shape index (κ1) is 18.0. The predicted molar refractivity (Wildman–Crippen MR) is 98.3 cm³/mol. The highest BCUT2D eigenvalue weighted by Crippen LogP contribution is 2.25. The largest absolute Gasteiger partial charge is 0.325 e. The normalized spacial score (nSPS) is 11.0. The quantitative estimate of drug-likeness (QED) is 0.784. The van der Waals surface area contributed by atoms with Crippen LogP contribution in [-0.2, 0) is 16.0 Å². The lowest BCUT2D eigenvalue weighted by molar-refractivity contribution is -0.135. The van der Waals surface area contributed by atoms with Crippen molar-refractivity contribution in [3.05, 3.63) is 59.1 Å². The molecule has 0 saturated heterocycles. The highest BCUT2D eigenvalue weighted by Gasteiger charge is 2.36. The number of hydrogen-bond donors (Lipinski definition) is 2. The second-order valence-corrected chi connectivity index (χ2v) is 6.47. The Balaban J connectivity index is 2.08. The number of amides is 2. The Labute approximate surface area is 147 Å². The molecule has 2 rings (SSSR count). The lowest BCUT2D eigenvalue weighted by Crippen LogP contribution is -2.41. The smallest absolute Gasteiger partial charge is 0.239 e. The number of rotatable bonds is 5. The third kappa shape index (κ3) is 4.15. The van der Waals surface area contributed by atoms with Gasteiger partial charge in [-0.05, 0) is 50.1 Å². The van der Waals surface area contributed by atoms with Crippen LogP contribution in [-0.4, -0.2) is 11.8 Å². The Bertz CT molecular complexity index is 739. The molecular weight excluding hydrogens is 324 g/mol. The SMILES string of the molecule is CCc1ccc(NC(=O)C(C)(C)C(=O)Nc2ccccc2Cl)cc1. The van der Waals surface area contributed by atoms with E-state index >= 15 is 0 Å². The summed E-state index contributed by atoms with van der Waals surface area (Å²) < 4.78 is 0. The van der Waals surface area contributed by atoms with Gasteiger partial charge in [0, 0.05) is 5.69 Å². The minimum atomic E-state index is -1.25. The van der Waals surface area contributed by atoms with E-state index in [1.807, 2.05) is 24.3 Å². The average Bonchev–Trinajstić information content (AvgIpc) is 2.57. The topological polar surface area (TPSA) is 58.2 Å². The molecule has 0 unspecified atom stereocenters. The summed E-state index contributed by atoms with van der Waals surface area (Å²) in [6, 6.07) is 14.5. The third-order valence-electron chi connectivity index (χ3n) is 3.88. The fourth-order valence-electron chi connectivity index (χ4n) is 2.06. The van der Waals surface area contributed by atoms with Crippen molar-refractivity contribution in [3.8, 4) is 0 Å². The van der Waals surface area contributed by atoms with Crippen molar-refractivity contribution in [2.24, 2.45) is 5.41 Å². The lowest BCUT2D eigenvalue weighted by Gasteiger charge is -2.23. The molecule has 4 nitrogen and oxygen atoms in total. The summed E-state index contributed by atoms with van der Waals surface area (Å²) in [6.07, 6.45) is 0.931. The van der Waals surface area contributed by atoms with E-state index in [0.717, 1.165) is 6.42 Å². The van der Waals surface area contributed by atoms with Crippen molar-refractivity contribution < 1.29 is 9.59 Å². The summed E-state index contributed by atoms with van der Waals surface area (Å²) in [5.74, 6) is -0.797. The number of hydrogen-bond acceptors (Lipinski definition) is 2. The van der Waals surface area contributed by atoms with Crippen LogP contribution in [0.3, 0.4) is 0 Å². The molecular formula is C19H21ClN2O2. The summed E-state index contributed by atoms with van der Waals surface area (Å²) in [4.78, 5) is 25.0. The van der Waals surface area contributed by atoms with Crippen LogP contribution in [0.5, 0.6) is 0 Å². The van der Waals surface area contributed by atoms with Crippen LogP contribution in [0.15, 0.2) is 48.5 Å². The summed E-state index contributed by atoms with van der Waals surface area (Å²) in [5, 5.41) is 5.91. The van der Waals surface area contributed by atoms with Crippen LogP contribution in [0, 0.1) is 5.41 Å². The van der Waals surface area contributed by atoms with Crippen molar-refractivity contribution in [1.82, 2.24) is 0 Å². The molecule has 0 aromatic heterocycles. The molecule has 0 fully saturated rings. The molecule has 0 aliphatic heterocycles. The lowest BCUT2D eigenvalue weighted by atomic mass is 9.90. The van der Waals surface area contributed by atoms with Gasteiger partial charge >= 0.3 is 0 Å². The zero-order valence-corrected chi connectivity index (χ0v) is 14.8. The van der Waals surface area contributed by atoms with E-state index in [1.165, 1.54) is 5.56 Å². The molecule has 0 aliphatic carbocycles. The number of aryl methyl sites for hydroxylation is 1. The Kier molecular flexibility index (Phi) is 5.62. The van der Waals surface area contributed by atoms with E-state index in [-0.39, 0.29) is 5.91 Å². The maximum atomic E-state index is 12.5.